The van der Waals surface area contributed by atoms with Crippen LogP contribution in [-0.4, -0.2) is 26.2 Å². The molecule has 17 heavy (non-hydrogen) atoms. The molecule has 0 radical (unpaired) electrons. The fourth-order valence-electron chi connectivity index (χ4n) is 1.81. The molecule has 82 valence electrons. The molecule has 2 aromatic rings. The molecule has 0 aromatic heterocycles. The summed E-state index contributed by atoms with van der Waals surface area (Å²) in [6.45, 7) is 0. The topological polar surface area (TPSA) is 23.1 Å². The zero-order valence-electron chi connectivity index (χ0n) is 9.87. The van der Waals surface area contributed by atoms with Crippen LogP contribution in [-0.2, 0) is 17.6 Å². The molecule has 0 saturated heterocycles. The molecule has 0 aliphatic carbocycles. The minimum absolute atomic E-state index is 0.139. The number of rotatable bonds is 4. The Kier molecular flexibility index (Phi) is 4.76. The normalized spacial score (nSPS) is 14.3. The van der Waals surface area contributed by atoms with Crippen molar-refractivity contribution in [2.24, 2.45) is 0 Å². The molecule has 0 aliphatic rings. The summed E-state index contributed by atoms with van der Waals surface area (Å²) < 4.78 is 12.4. The Hall–Kier alpha value is -0.653. The maximum atomic E-state index is 12.3. The molecule has 0 bridgehead atoms. The van der Waals surface area contributed by atoms with E-state index in [-0.39, 0.29) is 3.92 Å². The van der Waals surface area contributed by atoms with Gasteiger partial charge in [-0.1, -0.05) is 0 Å². The molecule has 2 atom stereocenters. The third-order valence-corrected chi connectivity index (χ3v) is 4.34. The van der Waals surface area contributed by atoms with Gasteiger partial charge in [-0.25, -0.2) is 0 Å². The monoisotopic (exact) mass is 236 g/mol. The first-order chi connectivity index (χ1) is 8.27. The molecule has 0 saturated carbocycles. The van der Waals surface area contributed by atoms with Gasteiger partial charge < -0.3 is 0 Å². The van der Waals surface area contributed by atoms with Crippen molar-refractivity contribution in [3.63, 3.8) is 0 Å². The van der Waals surface area contributed by atoms with E-state index in [0.717, 1.165) is 11.3 Å². The van der Waals surface area contributed by atoms with E-state index in [4.69, 9.17) is 0 Å². The quantitative estimate of drug-likeness (QED) is 0.591. The Morgan fingerprint density at radius 3 is 2.06 bits per heavy atom. The second-order valence-electron chi connectivity index (χ2n) is 4.11. The Morgan fingerprint density at radius 2 is 1.47 bits per heavy atom. The average molecular weight is 236 g/mol. The van der Waals surface area contributed by atoms with Crippen molar-refractivity contribution in [1.29, 1.82) is 0 Å². The number of hydrogen-bond donors (Lipinski definition) is 0. The van der Waals surface area contributed by atoms with Gasteiger partial charge in [0.15, 0.2) is 0 Å². The van der Waals surface area contributed by atoms with Crippen LogP contribution in [0.4, 0.5) is 0 Å². The van der Waals surface area contributed by atoms with Gasteiger partial charge in [0.1, 0.15) is 0 Å². The van der Waals surface area contributed by atoms with Gasteiger partial charge in [-0.05, 0) is 0 Å². The first-order valence-corrected chi connectivity index (χ1v) is 6.98. The van der Waals surface area contributed by atoms with E-state index in [9.17, 15) is 4.55 Å². The molecule has 0 aliphatic heterocycles. The fraction of sp³-hybridized carbons (Fsp3) is 0.143. The van der Waals surface area contributed by atoms with E-state index in [1.165, 1.54) is 5.56 Å². The molecule has 0 heterocycles. The van der Waals surface area contributed by atoms with Crippen molar-refractivity contribution in [1.82, 2.24) is 0 Å². The SMILES string of the molecule is [Li][CH](Cc1ccccc1)[S+]([O-])c1ccccc1. The molecule has 2 unspecified atom stereocenters. The maximum absolute atomic E-state index is 12.3. The van der Waals surface area contributed by atoms with Crippen molar-refractivity contribution in [2.75, 3.05) is 0 Å². The molecular weight excluding hydrogens is 223 g/mol. The van der Waals surface area contributed by atoms with Crippen LogP contribution in [0.1, 0.15) is 5.56 Å². The molecule has 1 nitrogen and oxygen atoms in total. The predicted octanol–water partition coefficient (Wildman–Crippen LogP) is 2.53. The number of hydrogen-bond acceptors (Lipinski definition) is 1. The molecule has 0 N–H and O–H groups in total. The summed E-state index contributed by atoms with van der Waals surface area (Å²) >= 11 is 1.11. The van der Waals surface area contributed by atoms with Gasteiger partial charge in [-0.3, -0.25) is 0 Å². The van der Waals surface area contributed by atoms with Crippen molar-refractivity contribution in [2.45, 2.75) is 15.2 Å². The molecule has 0 spiro atoms. The van der Waals surface area contributed by atoms with E-state index < -0.39 is 11.2 Å². The van der Waals surface area contributed by atoms with Crippen LogP contribution in [0.3, 0.4) is 0 Å². The third-order valence-electron chi connectivity index (χ3n) is 2.71. The van der Waals surface area contributed by atoms with Crippen molar-refractivity contribution >= 4 is 28.9 Å². The van der Waals surface area contributed by atoms with E-state index >= 15 is 0 Å². The predicted molar refractivity (Wildman–Crippen MR) is 72.5 cm³/mol. The zero-order chi connectivity index (χ0) is 12.1. The van der Waals surface area contributed by atoms with Gasteiger partial charge in [0.2, 0.25) is 0 Å². The van der Waals surface area contributed by atoms with Crippen molar-refractivity contribution in [3.8, 4) is 0 Å². The summed E-state index contributed by atoms with van der Waals surface area (Å²) in [5, 5.41) is 0. The van der Waals surface area contributed by atoms with Crippen molar-refractivity contribution in [3.05, 3.63) is 66.2 Å². The zero-order valence-corrected chi connectivity index (χ0v) is 10.7. The first-order valence-electron chi connectivity index (χ1n) is 5.77. The van der Waals surface area contributed by atoms with Crippen LogP contribution in [0.15, 0.2) is 65.6 Å². The molecule has 2 rings (SSSR count). The van der Waals surface area contributed by atoms with Crippen LogP contribution in [0, 0.1) is 0 Å². The Morgan fingerprint density at radius 1 is 0.941 bits per heavy atom. The van der Waals surface area contributed by atoms with Crippen LogP contribution < -0.4 is 0 Å². The Bertz CT molecular complexity index is 446. The Balaban J connectivity index is 2.03. The van der Waals surface area contributed by atoms with Gasteiger partial charge in [0, 0.05) is 0 Å². The van der Waals surface area contributed by atoms with Crippen LogP contribution >= 0.6 is 0 Å². The Labute approximate surface area is 115 Å². The molecule has 3 heteroatoms. The van der Waals surface area contributed by atoms with Crippen LogP contribution in [0.25, 0.3) is 0 Å². The van der Waals surface area contributed by atoms with Crippen molar-refractivity contribution < 1.29 is 4.55 Å². The second-order valence-corrected chi connectivity index (χ2v) is 5.98. The van der Waals surface area contributed by atoms with E-state index in [0.29, 0.717) is 0 Å². The molecular formula is C14H13LiOS. The molecule has 0 amide bonds. The second kappa shape index (κ2) is 6.33. The summed E-state index contributed by atoms with van der Waals surface area (Å²) in [5.41, 5.74) is 1.24. The summed E-state index contributed by atoms with van der Waals surface area (Å²) in [5.74, 6) is 0. The summed E-state index contributed by atoms with van der Waals surface area (Å²) in [6, 6.07) is 19.9. The van der Waals surface area contributed by atoms with Crippen LogP contribution in [0.2, 0.25) is 0 Å². The van der Waals surface area contributed by atoms with E-state index in [2.05, 4.69) is 12.1 Å². The minimum atomic E-state index is -0.929. The number of benzene rings is 2. The first kappa shape index (κ1) is 12.8. The standard InChI is InChI=1S/C14H13OS.Li/c15-16(14-9-5-2-6-10-14)12-11-13-7-3-1-4-8-13;/h1-10,12H,11H2;. The summed E-state index contributed by atoms with van der Waals surface area (Å²) in [7, 11) is 0. The van der Waals surface area contributed by atoms with Crippen LogP contribution in [0.5, 0.6) is 0 Å². The van der Waals surface area contributed by atoms with Gasteiger partial charge in [-0.2, -0.15) is 0 Å². The van der Waals surface area contributed by atoms with Gasteiger partial charge in [-0.15, -0.1) is 0 Å². The third kappa shape index (κ3) is 3.66. The van der Waals surface area contributed by atoms with Gasteiger partial charge in [0.05, 0.1) is 0 Å². The molecule has 0 fully saturated rings. The van der Waals surface area contributed by atoms with Gasteiger partial charge >= 0.3 is 115 Å². The summed E-state index contributed by atoms with van der Waals surface area (Å²) in [4.78, 5) is 0.913. The summed E-state index contributed by atoms with van der Waals surface area (Å²) in [6.07, 6.45) is 0.850. The average Bonchev–Trinajstić information content (AvgIpc) is 2.40. The van der Waals surface area contributed by atoms with Gasteiger partial charge in [0.25, 0.3) is 0 Å². The van der Waals surface area contributed by atoms with E-state index in [1.54, 1.807) is 0 Å². The fourth-order valence-corrected chi connectivity index (χ4v) is 3.04. The molecule has 2 aromatic carbocycles. The van der Waals surface area contributed by atoms with E-state index in [1.807, 2.05) is 66.2 Å².